The average molecular weight is 268 g/mol. The number of methoxy groups -OCH3 is 1. The molecule has 3 nitrogen and oxygen atoms in total. The zero-order chi connectivity index (χ0) is 10.8. The monoisotopic (exact) mass is 267 g/mol. The van der Waals surface area contributed by atoms with Gasteiger partial charge in [0.1, 0.15) is 0 Å². The van der Waals surface area contributed by atoms with E-state index in [9.17, 15) is 5.11 Å². The minimum absolute atomic E-state index is 0.0436. The van der Waals surface area contributed by atoms with Crippen molar-refractivity contribution >= 4 is 26.8 Å². The number of benzene rings is 1. The van der Waals surface area contributed by atoms with Crippen molar-refractivity contribution in [2.45, 2.75) is 6.61 Å². The molecule has 15 heavy (non-hydrogen) atoms. The standard InChI is InChI=1S/C11H10BrNO2/c1-15-10-5-3-7-2-4-9(12)8(6-14)11(7)13-10/h2-5,14H,6H2,1H3. The first-order valence-electron chi connectivity index (χ1n) is 4.49. The Hall–Kier alpha value is -1.13. The Morgan fingerprint density at radius 2 is 2.07 bits per heavy atom. The maximum atomic E-state index is 9.27. The number of halogens is 1. The largest absolute Gasteiger partial charge is 0.481 e. The van der Waals surface area contributed by atoms with Gasteiger partial charge in [0.2, 0.25) is 5.88 Å². The molecule has 1 aromatic carbocycles. The third kappa shape index (κ3) is 1.82. The fraction of sp³-hybridized carbons (Fsp3) is 0.182. The molecule has 0 radical (unpaired) electrons. The average Bonchev–Trinajstić information content (AvgIpc) is 2.28. The first-order valence-corrected chi connectivity index (χ1v) is 5.28. The lowest BCUT2D eigenvalue weighted by Gasteiger charge is -2.07. The van der Waals surface area contributed by atoms with E-state index in [1.54, 1.807) is 13.2 Å². The maximum Gasteiger partial charge on any atom is 0.213 e. The second kappa shape index (κ2) is 4.16. The summed E-state index contributed by atoms with van der Waals surface area (Å²) >= 11 is 3.38. The van der Waals surface area contributed by atoms with Gasteiger partial charge in [0.15, 0.2) is 0 Å². The fourth-order valence-electron chi connectivity index (χ4n) is 1.47. The Labute approximate surface area is 95.8 Å². The van der Waals surface area contributed by atoms with Gasteiger partial charge >= 0.3 is 0 Å². The molecule has 0 unspecified atom stereocenters. The van der Waals surface area contributed by atoms with Crippen LogP contribution in [0.15, 0.2) is 28.7 Å². The molecule has 0 aliphatic carbocycles. The van der Waals surface area contributed by atoms with Crippen LogP contribution < -0.4 is 4.74 Å². The summed E-state index contributed by atoms with van der Waals surface area (Å²) in [5.41, 5.74) is 1.55. The summed E-state index contributed by atoms with van der Waals surface area (Å²) in [6.07, 6.45) is 0. The molecule has 4 heteroatoms. The highest BCUT2D eigenvalue weighted by Crippen LogP contribution is 2.26. The first-order chi connectivity index (χ1) is 7.26. The highest BCUT2D eigenvalue weighted by molar-refractivity contribution is 9.10. The molecule has 0 atom stereocenters. The smallest absolute Gasteiger partial charge is 0.213 e. The third-order valence-electron chi connectivity index (χ3n) is 2.25. The molecule has 1 N–H and O–H groups in total. The molecule has 1 aromatic heterocycles. The minimum atomic E-state index is -0.0436. The SMILES string of the molecule is COc1ccc2ccc(Br)c(CO)c2n1. The number of hydrogen-bond acceptors (Lipinski definition) is 3. The molecule has 0 aliphatic heterocycles. The lowest BCUT2D eigenvalue weighted by atomic mass is 10.1. The van der Waals surface area contributed by atoms with Gasteiger partial charge in [-0.25, -0.2) is 4.98 Å². The third-order valence-corrected chi connectivity index (χ3v) is 2.99. The number of nitrogens with zero attached hydrogens (tertiary/aromatic N) is 1. The van der Waals surface area contributed by atoms with E-state index in [4.69, 9.17) is 4.74 Å². The molecule has 2 rings (SSSR count). The number of pyridine rings is 1. The van der Waals surface area contributed by atoms with Crippen molar-refractivity contribution in [2.24, 2.45) is 0 Å². The number of hydrogen-bond donors (Lipinski definition) is 1. The molecule has 0 fully saturated rings. The molecule has 1 heterocycles. The Bertz CT molecular complexity index is 499. The lowest BCUT2D eigenvalue weighted by Crippen LogP contribution is -1.93. The Balaban J connectivity index is 2.76. The molecule has 0 aliphatic rings. The summed E-state index contributed by atoms with van der Waals surface area (Å²) in [5, 5.41) is 10.3. The number of fused-ring (bicyclic) bond motifs is 1. The van der Waals surface area contributed by atoms with E-state index < -0.39 is 0 Å². The molecule has 0 spiro atoms. The van der Waals surface area contributed by atoms with E-state index in [0.29, 0.717) is 5.88 Å². The van der Waals surface area contributed by atoms with Crippen molar-refractivity contribution in [2.75, 3.05) is 7.11 Å². The number of rotatable bonds is 2. The maximum absolute atomic E-state index is 9.27. The summed E-state index contributed by atoms with van der Waals surface area (Å²) in [6.45, 7) is -0.0436. The number of ether oxygens (including phenoxy) is 1. The number of aliphatic hydroxyl groups excluding tert-OH is 1. The normalized spacial score (nSPS) is 10.6. The zero-order valence-electron chi connectivity index (χ0n) is 8.20. The van der Waals surface area contributed by atoms with Crippen LogP contribution in [-0.2, 0) is 6.61 Å². The van der Waals surface area contributed by atoms with E-state index in [0.717, 1.165) is 20.9 Å². The second-order valence-corrected chi connectivity index (χ2v) is 3.96. The van der Waals surface area contributed by atoms with E-state index in [-0.39, 0.29) is 6.61 Å². The summed E-state index contributed by atoms with van der Waals surface area (Å²) < 4.78 is 5.91. The lowest BCUT2D eigenvalue weighted by molar-refractivity contribution is 0.282. The van der Waals surface area contributed by atoms with Crippen molar-refractivity contribution in [3.05, 3.63) is 34.3 Å². The van der Waals surface area contributed by atoms with Crippen LogP contribution in [-0.4, -0.2) is 17.2 Å². The summed E-state index contributed by atoms with van der Waals surface area (Å²) in [4.78, 5) is 4.31. The van der Waals surface area contributed by atoms with E-state index >= 15 is 0 Å². The zero-order valence-corrected chi connectivity index (χ0v) is 9.78. The van der Waals surface area contributed by atoms with Gasteiger partial charge < -0.3 is 9.84 Å². The molecule has 0 saturated heterocycles. The van der Waals surface area contributed by atoms with Crippen molar-refractivity contribution in [1.82, 2.24) is 4.98 Å². The van der Waals surface area contributed by atoms with Gasteiger partial charge in [0.25, 0.3) is 0 Å². The number of aromatic nitrogens is 1. The topological polar surface area (TPSA) is 42.4 Å². The minimum Gasteiger partial charge on any atom is -0.481 e. The highest BCUT2D eigenvalue weighted by atomic mass is 79.9. The summed E-state index contributed by atoms with van der Waals surface area (Å²) in [5.74, 6) is 0.551. The van der Waals surface area contributed by atoms with Crippen molar-refractivity contribution < 1.29 is 9.84 Å². The molecular formula is C11H10BrNO2. The predicted molar refractivity (Wildman–Crippen MR) is 61.9 cm³/mol. The Morgan fingerprint density at radius 1 is 1.33 bits per heavy atom. The van der Waals surface area contributed by atoms with Crippen LogP contribution in [0.5, 0.6) is 5.88 Å². The first kappa shape index (κ1) is 10.4. The van der Waals surface area contributed by atoms with E-state index in [1.807, 2.05) is 18.2 Å². The number of aliphatic hydroxyl groups is 1. The Kier molecular flexibility index (Phi) is 2.88. The molecule has 0 bridgehead atoms. The fourth-order valence-corrected chi connectivity index (χ4v) is 1.91. The Morgan fingerprint density at radius 3 is 2.73 bits per heavy atom. The van der Waals surface area contributed by atoms with Crippen molar-refractivity contribution in [3.8, 4) is 5.88 Å². The summed E-state index contributed by atoms with van der Waals surface area (Å²) in [7, 11) is 1.57. The van der Waals surface area contributed by atoms with E-state index in [2.05, 4.69) is 20.9 Å². The summed E-state index contributed by atoms with van der Waals surface area (Å²) in [6, 6.07) is 7.58. The molecule has 78 valence electrons. The van der Waals surface area contributed by atoms with Crippen LogP contribution in [0.25, 0.3) is 10.9 Å². The van der Waals surface area contributed by atoms with Crippen LogP contribution in [0, 0.1) is 0 Å². The van der Waals surface area contributed by atoms with Crippen LogP contribution in [0.2, 0.25) is 0 Å². The van der Waals surface area contributed by atoms with Gasteiger partial charge in [-0.05, 0) is 12.1 Å². The van der Waals surface area contributed by atoms with Crippen LogP contribution >= 0.6 is 15.9 Å². The molecule has 0 saturated carbocycles. The van der Waals surface area contributed by atoms with Crippen LogP contribution in [0.4, 0.5) is 0 Å². The van der Waals surface area contributed by atoms with Gasteiger partial charge in [0, 0.05) is 21.5 Å². The van der Waals surface area contributed by atoms with Crippen molar-refractivity contribution in [1.29, 1.82) is 0 Å². The van der Waals surface area contributed by atoms with Gasteiger partial charge in [-0.3, -0.25) is 0 Å². The van der Waals surface area contributed by atoms with Gasteiger partial charge in [-0.15, -0.1) is 0 Å². The highest BCUT2D eigenvalue weighted by Gasteiger charge is 2.07. The molecule has 2 aromatic rings. The quantitative estimate of drug-likeness (QED) is 0.909. The van der Waals surface area contributed by atoms with Gasteiger partial charge in [-0.2, -0.15) is 0 Å². The predicted octanol–water partition coefficient (Wildman–Crippen LogP) is 2.50. The molecular weight excluding hydrogens is 258 g/mol. The van der Waals surface area contributed by atoms with Gasteiger partial charge in [-0.1, -0.05) is 22.0 Å². The van der Waals surface area contributed by atoms with E-state index in [1.165, 1.54) is 0 Å². The van der Waals surface area contributed by atoms with Gasteiger partial charge in [0.05, 0.1) is 19.2 Å². The second-order valence-electron chi connectivity index (χ2n) is 3.11. The van der Waals surface area contributed by atoms with Crippen LogP contribution in [0.1, 0.15) is 5.56 Å². The van der Waals surface area contributed by atoms with Crippen LogP contribution in [0.3, 0.4) is 0 Å². The molecule has 0 amide bonds. The van der Waals surface area contributed by atoms with Crippen molar-refractivity contribution in [3.63, 3.8) is 0 Å².